The number of aromatic nitrogens is 2. The molecule has 0 saturated carbocycles. The number of ether oxygens (including phenoxy) is 1. The standard InChI is InChI=1S/C23H23N3O3S/c1-29-19-11-9-16(10-12-19)13-14-25-21-8-3-2-7-20(21)23(30)24-22(25)17-5-4-6-18(15-17)26(27)28/h4-6,9-12,15H,2-3,7-8,13-14H2,1H3. The number of methoxy groups -OCH3 is 1. The molecule has 1 aliphatic rings. The lowest BCUT2D eigenvalue weighted by molar-refractivity contribution is -0.384. The van der Waals surface area contributed by atoms with E-state index >= 15 is 0 Å². The molecular weight excluding hydrogens is 398 g/mol. The molecule has 154 valence electrons. The number of non-ortho nitro benzene ring substituents is 1. The van der Waals surface area contributed by atoms with E-state index in [4.69, 9.17) is 21.9 Å². The van der Waals surface area contributed by atoms with Crippen molar-refractivity contribution in [1.82, 2.24) is 9.55 Å². The molecule has 0 atom stereocenters. The first kappa shape index (κ1) is 20.2. The number of nitro groups is 1. The largest absolute Gasteiger partial charge is 0.497 e. The van der Waals surface area contributed by atoms with E-state index < -0.39 is 0 Å². The van der Waals surface area contributed by atoms with Crippen LogP contribution >= 0.6 is 12.2 Å². The van der Waals surface area contributed by atoms with E-state index in [0.717, 1.165) is 55.5 Å². The second-order valence-corrected chi connectivity index (χ2v) is 7.82. The summed E-state index contributed by atoms with van der Waals surface area (Å²) < 4.78 is 8.08. The van der Waals surface area contributed by atoms with E-state index in [1.54, 1.807) is 19.2 Å². The number of aryl methyl sites for hydroxylation is 1. The molecule has 30 heavy (non-hydrogen) atoms. The third-order valence-corrected chi connectivity index (χ3v) is 5.92. The van der Waals surface area contributed by atoms with E-state index in [-0.39, 0.29) is 10.6 Å². The van der Waals surface area contributed by atoms with E-state index in [0.29, 0.717) is 10.5 Å². The second kappa shape index (κ2) is 8.75. The second-order valence-electron chi connectivity index (χ2n) is 7.43. The van der Waals surface area contributed by atoms with Crippen LogP contribution < -0.4 is 4.74 Å². The molecule has 0 unspecified atom stereocenters. The van der Waals surface area contributed by atoms with Crippen LogP contribution in [-0.4, -0.2) is 21.6 Å². The number of nitrogens with zero attached hydrogens (tertiary/aromatic N) is 3. The zero-order chi connectivity index (χ0) is 21.1. The third-order valence-electron chi connectivity index (χ3n) is 5.58. The van der Waals surface area contributed by atoms with Gasteiger partial charge in [0.15, 0.2) is 0 Å². The first-order valence-corrected chi connectivity index (χ1v) is 10.5. The van der Waals surface area contributed by atoms with Crippen molar-refractivity contribution in [2.45, 2.75) is 38.6 Å². The molecule has 3 aromatic rings. The van der Waals surface area contributed by atoms with Crippen LogP contribution in [0.15, 0.2) is 48.5 Å². The van der Waals surface area contributed by atoms with Crippen LogP contribution in [0.25, 0.3) is 11.4 Å². The molecule has 1 aliphatic carbocycles. The highest BCUT2D eigenvalue weighted by atomic mass is 32.1. The third kappa shape index (κ3) is 4.11. The van der Waals surface area contributed by atoms with Gasteiger partial charge in [0.1, 0.15) is 16.2 Å². The van der Waals surface area contributed by atoms with Gasteiger partial charge < -0.3 is 9.30 Å². The maximum atomic E-state index is 11.3. The van der Waals surface area contributed by atoms with Crippen molar-refractivity contribution in [2.24, 2.45) is 0 Å². The van der Waals surface area contributed by atoms with Crippen LogP contribution in [0.2, 0.25) is 0 Å². The van der Waals surface area contributed by atoms with Crippen molar-refractivity contribution in [2.75, 3.05) is 7.11 Å². The van der Waals surface area contributed by atoms with E-state index in [2.05, 4.69) is 16.7 Å². The molecule has 6 nitrogen and oxygen atoms in total. The molecule has 0 amide bonds. The average Bonchev–Trinajstić information content (AvgIpc) is 2.79. The molecule has 0 aliphatic heterocycles. The summed E-state index contributed by atoms with van der Waals surface area (Å²) in [6, 6.07) is 14.7. The summed E-state index contributed by atoms with van der Waals surface area (Å²) >= 11 is 5.60. The highest BCUT2D eigenvalue weighted by Gasteiger charge is 2.20. The van der Waals surface area contributed by atoms with Gasteiger partial charge in [0.25, 0.3) is 5.69 Å². The Labute approximate surface area is 180 Å². The molecule has 2 aromatic carbocycles. The molecule has 0 spiro atoms. The van der Waals surface area contributed by atoms with Gasteiger partial charge >= 0.3 is 0 Å². The van der Waals surface area contributed by atoms with Crippen LogP contribution in [0, 0.1) is 14.8 Å². The minimum absolute atomic E-state index is 0.0552. The summed E-state index contributed by atoms with van der Waals surface area (Å²) in [7, 11) is 1.66. The number of nitro benzene ring substituents is 1. The molecular formula is C23H23N3O3S. The zero-order valence-electron chi connectivity index (χ0n) is 16.8. The Balaban J connectivity index is 1.77. The zero-order valence-corrected chi connectivity index (χ0v) is 17.7. The topological polar surface area (TPSA) is 70.2 Å². The number of benzene rings is 2. The molecule has 0 bridgehead atoms. The summed E-state index contributed by atoms with van der Waals surface area (Å²) in [5.41, 5.74) is 4.34. The SMILES string of the molecule is COc1ccc(CCn2c(-c3cccc([N+](=O)[O-])c3)nc(=S)c3c2CCCC3)cc1. The fourth-order valence-corrected chi connectivity index (χ4v) is 4.33. The van der Waals surface area contributed by atoms with E-state index in [1.165, 1.54) is 17.3 Å². The minimum atomic E-state index is -0.377. The highest BCUT2D eigenvalue weighted by Crippen LogP contribution is 2.29. The van der Waals surface area contributed by atoms with Crippen molar-refractivity contribution in [3.63, 3.8) is 0 Å². The summed E-state index contributed by atoms with van der Waals surface area (Å²) in [4.78, 5) is 15.6. The Kier molecular flexibility index (Phi) is 5.90. The maximum Gasteiger partial charge on any atom is 0.270 e. The Bertz CT molecular complexity index is 1140. The van der Waals surface area contributed by atoms with E-state index in [1.807, 2.05) is 18.2 Å². The number of hydrogen-bond acceptors (Lipinski definition) is 5. The number of fused-ring (bicyclic) bond motifs is 1. The monoisotopic (exact) mass is 421 g/mol. The maximum absolute atomic E-state index is 11.3. The fourth-order valence-electron chi connectivity index (χ4n) is 4.02. The van der Waals surface area contributed by atoms with Gasteiger partial charge in [-0.2, -0.15) is 0 Å². The summed E-state index contributed by atoms with van der Waals surface area (Å²) in [5.74, 6) is 1.54. The van der Waals surface area contributed by atoms with Gasteiger partial charge in [-0.25, -0.2) is 4.98 Å². The van der Waals surface area contributed by atoms with Crippen molar-refractivity contribution in [1.29, 1.82) is 0 Å². The molecule has 1 aromatic heterocycles. The lowest BCUT2D eigenvalue weighted by atomic mass is 9.96. The van der Waals surface area contributed by atoms with Gasteiger partial charge in [-0.15, -0.1) is 0 Å². The Morgan fingerprint density at radius 3 is 2.67 bits per heavy atom. The van der Waals surface area contributed by atoms with Gasteiger partial charge in [-0.1, -0.05) is 36.5 Å². The average molecular weight is 422 g/mol. The van der Waals surface area contributed by atoms with Crippen LogP contribution in [-0.2, 0) is 25.8 Å². The van der Waals surface area contributed by atoms with Gasteiger partial charge in [0.2, 0.25) is 0 Å². The first-order chi connectivity index (χ1) is 14.6. The van der Waals surface area contributed by atoms with Gasteiger partial charge in [0, 0.05) is 35.5 Å². The van der Waals surface area contributed by atoms with Crippen LogP contribution in [0.4, 0.5) is 5.69 Å². The van der Waals surface area contributed by atoms with Crippen molar-refractivity contribution in [3.05, 3.63) is 80.1 Å². The summed E-state index contributed by atoms with van der Waals surface area (Å²) in [6.45, 7) is 0.731. The summed E-state index contributed by atoms with van der Waals surface area (Å²) in [6.07, 6.45) is 4.95. The molecule has 1 heterocycles. The van der Waals surface area contributed by atoms with Gasteiger partial charge in [0.05, 0.1) is 12.0 Å². The lowest BCUT2D eigenvalue weighted by Crippen LogP contribution is -2.19. The minimum Gasteiger partial charge on any atom is -0.497 e. The predicted molar refractivity (Wildman–Crippen MR) is 118 cm³/mol. The normalized spacial score (nSPS) is 13.0. The number of hydrogen-bond donors (Lipinski definition) is 0. The predicted octanol–water partition coefficient (Wildman–Crippen LogP) is 5.32. The number of rotatable bonds is 6. The van der Waals surface area contributed by atoms with Crippen LogP contribution in [0.5, 0.6) is 5.75 Å². The van der Waals surface area contributed by atoms with Crippen LogP contribution in [0.1, 0.15) is 29.7 Å². The lowest BCUT2D eigenvalue weighted by Gasteiger charge is -2.24. The summed E-state index contributed by atoms with van der Waals surface area (Å²) in [5, 5.41) is 11.3. The first-order valence-electron chi connectivity index (χ1n) is 10.1. The van der Waals surface area contributed by atoms with Gasteiger partial charge in [-0.3, -0.25) is 10.1 Å². The highest BCUT2D eigenvalue weighted by molar-refractivity contribution is 7.71. The molecule has 7 heteroatoms. The van der Waals surface area contributed by atoms with Gasteiger partial charge in [-0.05, 0) is 49.8 Å². The Morgan fingerprint density at radius 1 is 1.17 bits per heavy atom. The smallest absolute Gasteiger partial charge is 0.270 e. The Hall–Kier alpha value is -3.06. The quantitative estimate of drug-likeness (QED) is 0.306. The van der Waals surface area contributed by atoms with Crippen molar-refractivity contribution in [3.8, 4) is 17.1 Å². The van der Waals surface area contributed by atoms with E-state index in [9.17, 15) is 10.1 Å². The van der Waals surface area contributed by atoms with Crippen LogP contribution in [0.3, 0.4) is 0 Å². The van der Waals surface area contributed by atoms with Crippen molar-refractivity contribution < 1.29 is 9.66 Å². The molecule has 0 N–H and O–H groups in total. The Morgan fingerprint density at radius 2 is 1.93 bits per heavy atom. The fraction of sp³-hybridized carbons (Fsp3) is 0.304. The van der Waals surface area contributed by atoms with Crippen molar-refractivity contribution >= 4 is 17.9 Å². The molecule has 0 radical (unpaired) electrons. The molecule has 4 rings (SSSR count). The molecule has 0 fully saturated rings. The molecule has 0 saturated heterocycles.